The standard InChI is InChI=1S/C19H14FN3O2/c20-15-7-3-1-5-12(15)11-23-17-8-4-2-6-13(17)14-9-16(19(24)22-25)21-10-18(14)23/h1-10,25H,11H2,(H,22,24). The van der Waals surface area contributed by atoms with Crippen LogP contribution in [0.3, 0.4) is 0 Å². The summed E-state index contributed by atoms with van der Waals surface area (Å²) in [6.45, 7) is 0.351. The number of fused-ring (bicyclic) bond motifs is 3. The van der Waals surface area contributed by atoms with Gasteiger partial charge in [0.25, 0.3) is 5.91 Å². The third-order valence-electron chi connectivity index (χ3n) is 4.28. The Morgan fingerprint density at radius 3 is 2.64 bits per heavy atom. The summed E-state index contributed by atoms with van der Waals surface area (Å²) < 4.78 is 16.1. The van der Waals surface area contributed by atoms with Gasteiger partial charge in [-0.3, -0.25) is 10.0 Å². The van der Waals surface area contributed by atoms with Crippen molar-refractivity contribution in [3.63, 3.8) is 0 Å². The zero-order valence-corrected chi connectivity index (χ0v) is 13.1. The fraction of sp³-hybridized carbons (Fsp3) is 0.0526. The highest BCUT2D eigenvalue weighted by Gasteiger charge is 2.15. The predicted octanol–water partition coefficient (Wildman–Crippen LogP) is 3.50. The van der Waals surface area contributed by atoms with Crippen molar-refractivity contribution < 1.29 is 14.4 Å². The molecule has 25 heavy (non-hydrogen) atoms. The molecule has 0 aliphatic carbocycles. The highest BCUT2D eigenvalue weighted by atomic mass is 19.1. The maximum absolute atomic E-state index is 14.1. The molecule has 2 heterocycles. The van der Waals surface area contributed by atoms with Gasteiger partial charge in [-0.2, -0.15) is 0 Å². The Labute approximate surface area is 142 Å². The number of hydrogen-bond acceptors (Lipinski definition) is 3. The van der Waals surface area contributed by atoms with Crippen molar-refractivity contribution in [1.29, 1.82) is 0 Å². The third-order valence-corrected chi connectivity index (χ3v) is 4.28. The first kappa shape index (κ1) is 15.3. The normalized spacial score (nSPS) is 11.1. The molecule has 2 aromatic heterocycles. The summed E-state index contributed by atoms with van der Waals surface area (Å²) in [7, 11) is 0. The SMILES string of the molecule is O=C(NO)c1cc2c3ccccc3n(Cc3ccccc3F)c2cn1. The second-order valence-corrected chi connectivity index (χ2v) is 5.72. The average Bonchev–Trinajstić information content (AvgIpc) is 2.96. The van der Waals surface area contributed by atoms with E-state index in [2.05, 4.69) is 4.98 Å². The summed E-state index contributed by atoms with van der Waals surface area (Å²) >= 11 is 0. The molecule has 6 heteroatoms. The van der Waals surface area contributed by atoms with E-state index in [1.807, 2.05) is 28.8 Å². The molecule has 0 unspecified atom stereocenters. The lowest BCUT2D eigenvalue weighted by atomic mass is 10.1. The lowest BCUT2D eigenvalue weighted by Gasteiger charge is -2.08. The van der Waals surface area contributed by atoms with Crippen molar-refractivity contribution in [3.05, 3.63) is 77.9 Å². The Kier molecular flexibility index (Phi) is 3.66. The minimum absolute atomic E-state index is 0.115. The number of carbonyl (C=O) groups excluding carboxylic acids is 1. The van der Waals surface area contributed by atoms with Gasteiger partial charge in [-0.05, 0) is 18.2 Å². The minimum atomic E-state index is -0.673. The molecule has 0 spiro atoms. The largest absolute Gasteiger partial charge is 0.335 e. The predicted molar refractivity (Wildman–Crippen MR) is 92.0 cm³/mol. The van der Waals surface area contributed by atoms with E-state index >= 15 is 0 Å². The van der Waals surface area contributed by atoms with Crippen LogP contribution in [0.15, 0.2) is 60.8 Å². The first-order valence-corrected chi connectivity index (χ1v) is 7.74. The molecule has 0 fully saturated rings. The fourth-order valence-electron chi connectivity index (χ4n) is 3.09. The minimum Gasteiger partial charge on any atom is -0.335 e. The molecule has 2 aromatic carbocycles. The molecule has 4 aromatic rings. The molecule has 0 atom stereocenters. The number of benzene rings is 2. The van der Waals surface area contributed by atoms with Gasteiger partial charge < -0.3 is 4.57 Å². The van der Waals surface area contributed by atoms with Gasteiger partial charge in [0.1, 0.15) is 11.5 Å². The quantitative estimate of drug-likeness (QED) is 0.445. The number of pyridine rings is 1. The van der Waals surface area contributed by atoms with Crippen LogP contribution in [0.5, 0.6) is 0 Å². The van der Waals surface area contributed by atoms with E-state index in [0.29, 0.717) is 12.1 Å². The third kappa shape index (κ3) is 2.53. The Morgan fingerprint density at radius 2 is 1.84 bits per heavy atom. The number of carbonyl (C=O) groups is 1. The number of nitrogens with zero attached hydrogens (tertiary/aromatic N) is 2. The second-order valence-electron chi connectivity index (χ2n) is 5.72. The first-order chi connectivity index (χ1) is 12.2. The molecule has 0 bridgehead atoms. The maximum Gasteiger partial charge on any atom is 0.293 e. The number of halogens is 1. The van der Waals surface area contributed by atoms with Crippen molar-refractivity contribution in [2.75, 3.05) is 0 Å². The smallest absolute Gasteiger partial charge is 0.293 e. The topological polar surface area (TPSA) is 67.2 Å². The lowest BCUT2D eigenvalue weighted by molar-refractivity contribution is 0.0701. The van der Waals surface area contributed by atoms with Crippen LogP contribution >= 0.6 is 0 Å². The van der Waals surface area contributed by atoms with Gasteiger partial charge in [-0.25, -0.2) is 14.9 Å². The second kappa shape index (κ2) is 5.99. The monoisotopic (exact) mass is 335 g/mol. The van der Waals surface area contributed by atoms with E-state index in [9.17, 15) is 9.18 Å². The Bertz CT molecular complexity index is 1100. The van der Waals surface area contributed by atoms with E-state index in [1.54, 1.807) is 35.9 Å². The zero-order valence-electron chi connectivity index (χ0n) is 13.1. The van der Waals surface area contributed by atoms with Crippen molar-refractivity contribution in [3.8, 4) is 0 Å². The molecule has 0 saturated carbocycles. The van der Waals surface area contributed by atoms with E-state index in [4.69, 9.17) is 5.21 Å². The number of aromatic nitrogens is 2. The van der Waals surface area contributed by atoms with Gasteiger partial charge in [-0.15, -0.1) is 0 Å². The van der Waals surface area contributed by atoms with Gasteiger partial charge in [-0.1, -0.05) is 36.4 Å². The summed E-state index contributed by atoms with van der Waals surface area (Å²) in [5.41, 5.74) is 3.99. The molecule has 5 nitrogen and oxygen atoms in total. The average molecular weight is 335 g/mol. The van der Waals surface area contributed by atoms with Crippen LogP contribution < -0.4 is 5.48 Å². The molecular weight excluding hydrogens is 321 g/mol. The zero-order chi connectivity index (χ0) is 17.4. The Morgan fingerprint density at radius 1 is 1.08 bits per heavy atom. The molecule has 0 saturated heterocycles. The van der Waals surface area contributed by atoms with Crippen LogP contribution in [0.1, 0.15) is 16.1 Å². The van der Waals surface area contributed by atoms with Crippen molar-refractivity contribution in [2.24, 2.45) is 0 Å². The maximum atomic E-state index is 14.1. The molecule has 0 radical (unpaired) electrons. The van der Waals surface area contributed by atoms with Crippen LogP contribution in [-0.2, 0) is 6.54 Å². The number of amides is 1. The van der Waals surface area contributed by atoms with Crippen molar-refractivity contribution >= 4 is 27.7 Å². The summed E-state index contributed by atoms with van der Waals surface area (Å²) in [4.78, 5) is 15.8. The summed E-state index contributed by atoms with van der Waals surface area (Å²) in [5, 5.41) is 10.6. The molecule has 124 valence electrons. The molecule has 0 aliphatic rings. The number of nitrogens with one attached hydrogen (secondary N) is 1. The molecule has 1 amide bonds. The van der Waals surface area contributed by atoms with Gasteiger partial charge in [0.05, 0.1) is 18.3 Å². The van der Waals surface area contributed by atoms with Crippen LogP contribution in [0.25, 0.3) is 21.8 Å². The van der Waals surface area contributed by atoms with Crippen LogP contribution in [-0.4, -0.2) is 20.7 Å². The van der Waals surface area contributed by atoms with E-state index < -0.39 is 5.91 Å². The van der Waals surface area contributed by atoms with Crippen molar-refractivity contribution in [2.45, 2.75) is 6.54 Å². The molecule has 0 aliphatic heterocycles. The van der Waals surface area contributed by atoms with E-state index in [1.165, 1.54) is 6.07 Å². The van der Waals surface area contributed by atoms with Crippen LogP contribution in [0.4, 0.5) is 4.39 Å². The number of hydrogen-bond donors (Lipinski definition) is 2. The van der Waals surface area contributed by atoms with Gasteiger partial charge in [0.2, 0.25) is 0 Å². The van der Waals surface area contributed by atoms with E-state index in [0.717, 1.165) is 21.8 Å². The van der Waals surface area contributed by atoms with Crippen LogP contribution in [0.2, 0.25) is 0 Å². The highest BCUT2D eigenvalue weighted by Crippen LogP contribution is 2.30. The molecule has 4 rings (SSSR count). The number of para-hydroxylation sites is 1. The molecule has 2 N–H and O–H groups in total. The van der Waals surface area contributed by atoms with Crippen molar-refractivity contribution in [1.82, 2.24) is 15.0 Å². The fourth-order valence-corrected chi connectivity index (χ4v) is 3.09. The number of hydroxylamine groups is 1. The first-order valence-electron chi connectivity index (χ1n) is 7.74. The summed E-state index contributed by atoms with van der Waals surface area (Å²) in [6.07, 6.45) is 1.57. The van der Waals surface area contributed by atoms with Gasteiger partial charge in [0.15, 0.2) is 0 Å². The van der Waals surface area contributed by atoms with E-state index in [-0.39, 0.29) is 11.5 Å². The summed E-state index contributed by atoms with van der Waals surface area (Å²) in [5.74, 6) is -0.939. The Hall–Kier alpha value is -3.25. The van der Waals surface area contributed by atoms with Gasteiger partial charge in [0, 0.05) is 21.9 Å². The summed E-state index contributed by atoms with van der Waals surface area (Å²) in [6, 6.07) is 16.0. The molecular formula is C19H14FN3O2. The number of rotatable bonds is 3. The lowest BCUT2D eigenvalue weighted by Crippen LogP contribution is -2.19. The Balaban J connectivity index is 1.96. The van der Waals surface area contributed by atoms with Gasteiger partial charge >= 0.3 is 0 Å². The highest BCUT2D eigenvalue weighted by molar-refractivity contribution is 6.09. The van der Waals surface area contributed by atoms with Crippen LogP contribution in [0, 0.1) is 5.82 Å².